The minimum absolute atomic E-state index is 0.0516. The molecule has 1 heterocycles. The third-order valence-electron chi connectivity index (χ3n) is 1.72. The van der Waals surface area contributed by atoms with Crippen LogP contribution in [-0.4, -0.2) is 24.1 Å². The minimum atomic E-state index is -0.682. The van der Waals surface area contributed by atoms with E-state index in [9.17, 15) is 9.59 Å². The molecule has 1 fully saturated rings. The lowest BCUT2D eigenvalue weighted by atomic mass is 10.1. The van der Waals surface area contributed by atoms with Crippen molar-refractivity contribution in [3.8, 4) is 0 Å². The van der Waals surface area contributed by atoms with Gasteiger partial charge in [-0.05, 0) is 19.8 Å². The summed E-state index contributed by atoms with van der Waals surface area (Å²) in [5.41, 5.74) is 0. The van der Waals surface area contributed by atoms with Gasteiger partial charge in [0.05, 0.1) is 6.10 Å². The first-order chi connectivity index (χ1) is 5.59. The Kier molecular flexibility index (Phi) is 2.68. The Labute approximate surface area is 70.8 Å². The number of rotatable bonds is 1. The van der Waals surface area contributed by atoms with Crippen LogP contribution in [0.2, 0.25) is 0 Å². The first-order valence-electron chi connectivity index (χ1n) is 3.97. The summed E-state index contributed by atoms with van der Waals surface area (Å²) < 4.78 is 9.62. The maximum absolute atomic E-state index is 11.0. The molecule has 4 heteroatoms. The van der Waals surface area contributed by atoms with E-state index in [-0.39, 0.29) is 6.10 Å². The van der Waals surface area contributed by atoms with Crippen molar-refractivity contribution in [3.63, 3.8) is 0 Å². The van der Waals surface area contributed by atoms with Crippen LogP contribution in [-0.2, 0) is 19.1 Å². The van der Waals surface area contributed by atoms with E-state index in [4.69, 9.17) is 9.47 Å². The maximum Gasteiger partial charge on any atom is 0.347 e. The molecule has 2 atom stereocenters. The van der Waals surface area contributed by atoms with Crippen molar-refractivity contribution in [2.75, 3.05) is 0 Å². The Hall–Kier alpha value is -1.06. The molecule has 4 nitrogen and oxygen atoms in total. The molecule has 1 aliphatic heterocycles. The van der Waals surface area contributed by atoms with Crippen molar-refractivity contribution in [3.05, 3.63) is 0 Å². The standard InChI is InChI=1S/C8H12O4/c1-5-3-4-7(8(10)11-5)12-6(2)9/h5,7H,3-4H2,1-2H3. The number of carbonyl (C=O) groups is 2. The van der Waals surface area contributed by atoms with Crippen molar-refractivity contribution in [2.24, 2.45) is 0 Å². The van der Waals surface area contributed by atoms with Gasteiger partial charge in [0.25, 0.3) is 0 Å². The molecule has 0 aromatic heterocycles. The monoisotopic (exact) mass is 172 g/mol. The summed E-state index contributed by atoms with van der Waals surface area (Å²) in [6.07, 6.45) is 0.589. The molecule has 0 aliphatic carbocycles. The zero-order chi connectivity index (χ0) is 9.14. The van der Waals surface area contributed by atoms with Crippen LogP contribution in [0.25, 0.3) is 0 Å². The van der Waals surface area contributed by atoms with Gasteiger partial charge in [0.15, 0.2) is 6.10 Å². The quantitative estimate of drug-likeness (QED) is 0.545. The third-order valence-corrected chi connectivity index (χ3v) is 1.72. The Morgan fingerprint density at radius 2 is 2.25 bits per heavy atom. The van der Waals surface area contributed by atoms with Gasteiger partial charge in [0.1, 0.15) is 0 Å². The number of hydrogen-bond acceptors (Lipinski definition) is 4. The van der Waals surface area contributed by atoms with Crippen LogP contribution in [0, 0.1) is 0 Å². The highest BCUT2D eigenvalue weighted by Gasteiger charge is 2.29. The first-order valence-corrected chi connectivity index (χ1v) is 3.97. The predicted octanol–water partition coefficient (Wildman–Crippen LogP) is 0.644. The molecule has 0 N–H and O–H groups in total. The third kappa shape index (κ3) is 2.22. The second kappa shape index (κ2) is 3.56. The summed E-state index contributed by atoms with van der Waals surface area (Å²) in [7, 11) is 0. The molecule has 0 aromatic carbocycles. The molecule has 1 aliphatic rings. The van der Waals surface area contributed by atoms with Gasteiger partial charge in [0.2, 0.25) is 0 Å². The molecule has 12 heavy (non-hydrogen) atoms. The lowest BCUT2D eigenvalue weighted by Crippen LogP contribution is -2.36. The van der Waals surface area contributed by atoms with Gasteiger partial charge in [0, 0.05) is 6.92 Å². The fourth-order valence-corrected chi connectivity index (χ4v) is 1.14. The van der Waals surface area contributed by atoms with Crippen LogP contribution in [0.1, 0.15) is 26.7 Å². The number of hydrogen-bond donors (Lipinski definition) is 0. The van der Waals surface area contributed by atoms with Gasteiger partial charge in [-0.2, -0.15) is 0 Å². The largest absolute Gasteiger partial charge is 0.460 e. The molecule has 0 aromatic rings. The Balaban J connectivity index is 2.45. The molecule has 0 radical (unpaired) electrons. The first kappa shape index (κ1) is 9.03. The van der Waals surface area contributed by atoms with Crippen LogP contribution in [0.4, 0.5) is 0 Å². The number of cyclic esters (lactones) is 1. The van der Waals surface area contributed by atoms with Gasteiger partial charge < -0.3 is 9.47 Å². The smallest absolute Gasteiger partial charge is 0.347 e. The molecule has 0 spiro atoms. The SMILES string of the molecule is CC(=O)OC1CCC(C)OC1=O. The van der Waals surface area contributed by atoms with Gasteiger partial charge >= 0.3 is 11.9 Å². The molecular weight excluding hydrogens is 160 g/mol. The predicted molar refractivity (Wildman–Crippen MR) is 40.3 cm³/mol. The van der Waals surface area contributed by atoms with E-state index in [2.05, 4.69) is 0 Å². The molecule has 1 saturated heterocycles. The molecule has 68 valence electrons. The summed E-state index contributed by atoms with van der Waals surface area (Å²) in [4.78, 5) is 21.5. The van der Waals surface area contributed by atoms with E-state index in [1.807, 2.05) is 6.92 Å². The van der Waals surface area contributed by atoms with Gasteiger partial charge in [-0.25, -0.2) is 4.79 Å². The molecule has 2 unspecified atom stereocenters. The Bertz CT molecular complexity index is 199. The summed E-state index contributed by atoms with van der Waals surface area (Å²) in [6.45, 7) is 3.10. The summed E-state index contributed by atoms with van der Waals surface area (Å²) in [5.74, 6) is -0.865. The Morgan fingerprint density at radius 3 is 2.75 bits per heavy atom. The van der Waals surface area contributed by atoms with Crippen LogP contribution in [0.5, 0.6) is 0 Å². The van der Waals surface area contributed by atoms with Crippen molar-refractivity contribution in [2.45, 2.75) is 38.9 Å². The minimum Gasteiger partial charge on any atom is -0.460 e. The van der Waals surface area contributed by atoms with E-state index in [0.29, 0.717) is 6.42 Å². The van der Waals surface area contributed by atoms with Crippen molar-refractivity contribution in [1.29, 1.82) is 0 Å². The lowest BCUT2D eigenvalue weighted by molar-refractivity contribution is -0.176. The van der Waals surface area contributed by atoms with Crippen LogP contribution < -0.4 is 0 Å². The fourth-order valence-electron chi connectivity index (χ4n) is 1.14. The van der Waals surface area contributed by atoms with E-state index in [1.165, 1.54) is 6.92 Å². The topological polar surface area (TPSA) is 52.6 Å². The molecule has 1 rings (SSSR count). The van der Waals surface area contributed by atoms with Gasteiger partial charge in [-0.3, -0.25) is 4.79 Å². The normalized spacial score (nSPS) is 29.3. The molecule has 0 bridgehead atoms. The second-order valence-corrected chi connectivity index (χ2v) is 2.92. The van der Waals surface area contributed by atoms with Crippen LogP contribution in [0.15, 0.2) is 0 Å². The van der Waals surface area contributed by atoms with E-state index >= 15 is 0 Å². The van der Waals surface area contributed by atoms with Crippen molar-refractivity contribution < 1.29 is 19.1 Å². The molecule has 0 saturated carbocycles. The fraction of sp³-hybridized carbons (Fsp3) is 0.750. The molecule has 0 amide bonds. The summed E-state index contributed by atoms with van der Waals surface area (Å²) >= 11 is 0. The molecular formula is C8H12O4. The van der Waals surface area contributed by atoms with Crippen molar-refractivity contribution in [1.82, 2.24) is 0 Å². The number of ether oxygens (including phenoxy) is 2. The average Bonchev–Trinajstić information content (AvgIpc) is 1.94. The zero-order valence-corrected chi connectivity index (χ0v) is 7.20. The maximum atomic E-state index is 11.0. The van der Waals surface area contributed by atoms with Crippen LogP contribution >= 0.6 is 0 Å². The highest BCUT2D eigenvalue weighted by molar-refractivity contribution is 5.79. The highest BCUT2D eigenvalue weighted by Crippen LogP contribution is 2.16. The lowest BCUT2D eigenvalue weighted by Gasteiger charge is -2.24. The van der Waals surface area contributed by atoms with Gasteiger partial charge in [-0.1, -0.05) is 0 Å². The van der Waals surface area contributed by atoms with Crippen LogP contribution in [0.3, 0.4) is 0 Å². The van der Waals surface area contributed by atoms with Gasteiger partial charge in [-0.15, -0.1) is 0 Å². The summed E-state index contributed by atoms with van der Waals surface area (Å²) in [5, 5.41) is 0. The summed E-state index contributed by atoms with van der Waals surface area (Å²) in [6, 6.07) is 0. The average molecular weight is 172 g/mol. The zero-order valence-electron chi connectivity index (χ0n) is 7.20. The van der Waals surface area contributed by atoms with Crippen molar-refractivity contribution >= 4 is 11.9 Å². The van der Waals surface area contributed by atoms with E-state index in [0.717, 1.165) is 6.42 Å². The van der Waals surface area contributed by atoms with E-state index in [1.54, 1.807) is 0 Å². The highest BCUT2D eigenvalue weighted by atomic mass is 16.6. The number of carbonyl (C=O) groups excluding carboxylic acids is 2. The van der Waals surface area contributed by atoms with E-state index < -0.39 is 18.0 Å². The number of esters is 2. The Morgan fingerprint density at radius 1 is 1.58 bits per heavy atom. The second-order valence-electron chi connectivity index (χ2n) is 2.92.